The van der Waals surface area contributed by atoms with Gasteiger partial charge in [0.1, 0.15) is 5.02 Å². The molecule has 9 heteroatoms. The highest BCUT2D eigenvalue weighted by Crippen LogP contribution is 2.27. The number of nitrogens with zero attached hydrogens (tertiary/aromatic N) is 3. The fourth-order valence-corrected chi connectivity index (χ4v) is 3.64. The second-order valence-corrected chi connectivity index (χ2v) is 6.87. The summed E-state index contributed by atoms with van der Waals surface area (Å²) < 4.78 is 0. The SMILES string of the molecule is O=[N+]([O-])c1cc(C=NNC(=S)NC2CN3CCC2CC3)ccc1Cl. The Bertz CT molecular complexity index is 676. The van der Waals surface area contributed by atoms with Crippen LogP contribution in [0.5, 0.6) is 0 Å². The van der Waals surface area contributed by atoms with Crippen molar-refractivity contribution < 1.29 is 4.92 Å². The van der Waals surface area contributed by atoms with Crippen LogP contribution in [0.2, 0.25) is 5.02 Å². The van der Waals surface area contributed by atoms with Crippen LogP contribution in [-0.4, -0.2) is 46.8 Å². The lowest BCUT2D eigenvalue weighted by atomic mass is 9.84. The summed E-state index contributed by atoms with van der Waals surface area (Å²) in [5.41, 5.74) is 3.20. The maximum atomic E-state index is 10.9. The van der Waals surface area contributed by atoms with E-state index in [2.05, 4.69) is 20.7 Å². The number of hydrazone groups is 1. The smallest absolute Gasteiger partial charge is 0.288 e. The number of thiocarbonyl (C=S) groups is 1. The van der Waals surface area contributed by atoms with Crippen molar-refractivity contribution in [3.05, 3.63) is 38.9 Å². The van der Waals surface area contributed by atoms with Crippen molar-refractivity contribution in [1.29, 1.82) is 0 Å². The molecule has 2 N–H and O–H groups in total. The standard InChI is InChI=1S/C15H18ClN5O2S/c16-12-2-1-10(7-14(12)21(22)23)8-17-19-15(24)18-13-9-20-5-3-11(13)4-6-20/h1-2,7-8,11,13H,3-6,9H2,(H2,18,19,24). The quantitative estimate of drug-likeness (QED) is 0.367. The number of halogens is 1. The second-order valence-electron chi connectivity index (χ2n) is 6.06. The van der Waals surface area contributed by atoms with Crippen molar-refractivity contribution in [2.75, 3.05) is 19.6 Å². The summed E-state index contributed by atoms with van der Waals surface area (Å²) in [5, 5.41) is 18.8. The molecular weight excluding hydrogens is 350 g/mol. The first kappa shape index (κ1) is 17.1. The molecule has 1 unspecified atom stereocenters. The molecule has 3 fully saturated rings. The molecule has 1 aromatic carbocycles. The van der Waals surface area contributed by atoms with Gasteiger partial charge in [-0.1, -0.05) is 17.7 Å². The molecule has 4 rings (SSSR count). The van der Waals surface area contributed by atoms with E-state index in [1.165, 1.54) is 44.3 Å². The summed E-state index contributed by atoms with van der Waals surface area (Å²) in [6.07, 6.45) is 3.89. The van der Waals surface area contributed by atoms with Crippen LogP contribution < -0.4 is 10.7 Å². The second kappa shape index (κ2) is 7.42. The molecule has 1 aromatic rings. The zero-order valence-corrected chi connectivity index (χ0v) is 14.5. The molecule has 3 saturated heterocycles. The lowest BCUT2D eigenvalue weighted by Gasteiger charge is -2.45. The zero-order chi connectivity index (χ0) is 17.1. The van der Waals surface area contributed by atoms with E-state index in [1.807, 2.05) is 0 Å². The number of hydrogen-bond donors (Lipinski definition) is 2. The molecule has 0 amide bonds. The van der Waals surface area contributed by atoms with Crippen molar-refractivity contribution in [1.82, 2.24) is 15.6 Å². The van der Waals surface area contributed by atoms with Gasteiger partial charge in [-0.05, 0) is 50.1 Å². The van der Waals surface area contributed by atoms with E-state index in [0.29, 0.717) is 22.6 Å². The molecule has 0 aromatic heterocycles. The minimum Gasteiger partial charge on any atom is -0.357 e. The minimum absolute atomic E-state index is 0.102. The third-order valence-electron chi connectivity index (χ3n) is 4.52. The van der Waals surface area contributed by atoms with E-state index in [-0.39, 0.29) is 10.7 Å². The summed E-state index contributed by atoms with van der Waals surface area (Å²) >= 11 is 11.0. The van der Waals surface area contributed by atoms with Crippen LogP contribution >= 0.6 is 23.8 Å². The molecule has 0 spiro atoms. The molecule has 2 bridgehead atoms. The lowest BCUT2D eigenvalue weighted by Crippen LogP contribution is -2.58. The zero-order valence-electron chi connectivity index (χ0n) is 12.9. The van der Waals surface area contributed by atoms with Crippen LogP contribution in [0.3, 0.4) is 0 Å². The van der Waals surface area contributed by atoms with E-state index in [4.69, 9.17) is 23.8 Å². The van der Waals surface area contributed by atoms with Crippen LogP contribution in [0.4, 0.5) is 5.69 Å². The molecule has 1 atom stereocenters. The third kappa shape index (κ3) is 4.00. The Morgan fingerprint density at radius 2 is 2.21 bits per heavy atom. The average molecular weight is 368 g/mol. The Kier molecular flexibility index (Phi) is 5.27. The van der Waals surface area contributed by atoms with Crippen molar-refractivity contribution >= 4 is 40.8 Å². The molecule has 3 aliphatic rings. The van der Waals surface area contributed by atoms with E-state index in [0.717, 1.165) is 6.54 Å². The first-order valence-electron chi connectivity index (χ1n) is 7.79. The predicted octanol–water partition coefficient (Wildman–Crippen LogP) is 2.14. The monoisotopic (exact) mass is 367 g/mol. The molecule has 7 nitrogen and oxygen atoms in total. The molecule has 0 saturated carbocycles. The number of nitro benzene ring substituents is 1. The summed E-state index contributed by atoms with van der Waals surface area (Å²) in [4.78, 5) is 12.8. The van der Waals surface area contributed by atoms with Gasteiger partial charge in [0.25, 0.3) is 5.69 Å². The Morgan fingerprint density at radius 3 is 2.83 bits per heavy atom. The number of nitrogens with one attached hydrogen (secondary N) is 2. The molecule has 0 aliphatic carbocycles. The van der Waals surface area contributed by atoms with Gasteiger partial charge in [0.2, 0.25) is 0 Å². The highest BCUT2D eigenvalue weighted by atomic mass is 35.5. The molecule has 3 heterocycles. The highest BCUT2D eigenvalue weighted by molar-refractivity contribution is 7.80. The van der Waals surface area contributed by atoms with Gasteiger partial charge in [0.15, 0.2) is 5.11 Å². The van der Waals surface area contributed by atoms with Crippen molar-refractivity contribution in [3.8, 4) is 0 Å². The van der Waals surface area contributed by atoms with Gasteiger partial charge in [-0.3, -0.25) is 15.5 Å². The van der Waals surface area contributed by atoms with E-state index < -0.39 is 4.92 Å². The maximum Gasteiger partial charge on any atom is 0.288 e. The Balaban J connectivity index is 1.53. The summed E-state index contributed by atoms with van der Waals surface area (Å²) in [7, 11) is 0. The van der Waals surface area contributed by atoms with Gasteiger partial charge in [0, 0.05) is 24.2 Å². The van der Waals surface area contributed by atoms with Crippen LogP contribution in [-0.2, 0) is 0 Å². The van der Waals surface area contributed by atoms with Crippen molar-refractivity contribution in [2.45, 2.75) is 18.9 Å². The largest absolute Gasteiger partial charge is 0.357 e. The molecule has 24 heavy (non-hydrogen) atoms. The predicted molar refractivity (Wildman–Crippen MR) is 97.5 cm³/mol. The minimum atomic E-state index is -0.521. The van der Waals surface area contributed by atoms with Gasteiger partial charge in [0.05, 0.1) is 11.1 Å². The fraction of sp³-hybridized carbons (Fsp3) is 0.467. The summed E-state index contributed by atoms with van der Waals surface area (Å²) in [6.45, 7) is 3.37. The lowest BCUT2D eigenvalue weighted by molar-refractivity contribution is -0.384. The Labute approximate surface area is 150 Å². The van der Waals surface area contributed by atoms with E-state index in [1.54, 1.807) is 6.07 Å². The topological polar surface area (TPSA) is 82.8 Å². The fourth-order valence-electron chi connectivity index (χ4n) is 3.24. The van der Waals surface area contributed by atoms with Gasteiger partial charge in [-0.25, -0.2) is 0 Å². The van der Waals surface area contributed by atoms with Crippen molar-refractivity contribution in [2.24, 2.45) is 11.0 Å². The summed E-state index contributed by atoms with van der Waals surface area (Å²) in [6, 6.07) is 4.87. The Morgan fingerprint density at radius 1 is 1.46 bits per heavy atom. The van der Waals surface area contributed by atoms with Crippen LogP contribution in [0.25, 0.3) is 0 Å². The van der Waals surface area contributed by atoms with Gasteiger partial charge < -0.3 is 10.2 Å². The number of rotatable bonds is 4. The maximum absolute atomic E-state index is 10.9. The number of hydrogen-bond acceptors (Lipinski definition) is 5. The van der Waals surface area contributed by atoms with E-state index >= 15 is 0 Å². The number of piperidine rings is 3. The Hall–Kier alpha value is -1.77. The first-order chi connectivity index (χ1) is 11.5. The summed E-state index contributed by atoms with van der Waals surface area (Å²) in [5.74, 6) is 0.664. The van der Waals surface area contributed by atoms with E-state index in [9.17, 15) is 10.1 Å². The number of benzene rings is 1. The van der Waals surface area contributed by atoms with Crippen LogP contribution in [0.15, 0.2) is 23.3 Å². The molecule has 0 radical (unpaired) electrons. The van der Waals surface area contributed by atoms with Crippen LogP contribution in [0.1, 0.15) is 18.4 Å². The average Bonchev–Trinajstić information content (AvgIpc) is 2.57. The third-order valence-corrected chi connectivity index (χ3v) is 5.05. The van der Waals surface area contributed by atoms with Crippen molar-refractivity contribution in [3.63, 3.8) is 0 Å². The molecule has 128 valence electrons. The normalized spacial score (nSPS) is 25.6. The van der Waals surface area contributed by atoms with Gasteiger partial charge >= 0.3 is 0 Å². The molecule has 3 aliphatic heterocycles. The van der Waals surface area contributed by atoms with Gasteiger partial charge in [-0.15, -0.1) is 0 Å². The molecular formula is C15H18ClN5O2S. The van der Waals surface area contributed by atoms with Gasteiger partial charge in [-0.2, -0.15) is 5.10 Å². The van der Waals surface area contributed by atoms with Crippen LogP contribution in [0, 0.1) is 16.0 Å². The number of nitro groups is 1. The highest BCUT2D eigenvalue weighted by Gasteiger charge is 2.34. The number of fused-ring (bicyclic) bond motifs is 3. The first-order valence-corrected chi connectivity index (χ1v) is 8.57.